The first-order valence-corrected chi connectivity index (χ1v) is 9.02. The third kappa shape index (κ3) is 5.45. The first-order chi connectivity index (χ1) is 13.4. The number of benzene rings is 1. The summed E-state index contributed by atoms with van der Waals surface area (Å²) in [7, 11) is 0. The smallest absolute Gasteiger partial charge is 0.322 e. The van der Waals surface area contributed by atoms with Crippen molar-refractivity contribution < 1.29 is 13.3 Å². The maximum Gasteiger partial charge on any atom is 0.322 e. The molecule has 2 N–H and O–H groups in total. The van der Waals surface area contributed by atoms with Gasteiger partial charge in [-0.1, -0.05) is 23.7 Å². The summed E-state index contributed by atoms with van der Waals surface area (Å²) in [4.78, 5) is 15.1. The molecular formula is C19H21F2N5O2. The second-order valence-electron chi connectivity index (χ2n) is 6.56. The number of alkyl halides is 2. The van der Waals surface area contributed by atoms with E-state index < -0.39 is 11.8 Å². The van der Waals surface area contributed by atoms with Crippen molar-refractivity contribution in [3.05, 3.63) is 58.6 Å². The number of rotatable bonds is 9. The molecule has 3 rings (SSSR count). The van der Waals surface area contributed by atoms with Crippen LogP contribution in [-0.4, -0.2) is 26.9 Å². The second kappa shape index (κ2) is 8.73. The van der Waals surface area contributed by atoms with Gasteiger partial charge in [0, 0.05) is 37.2 Å². The summed E-state index contributed by atoms with van der Waals surface area (Å²) in [5, 5.41) is 13.1. The van der Waals surface area contributed by atoms with Crippen LogP contribution in [0.4, 0.5) is 14.5 Å². The highest BCUT2D eigenvalue weighted by Gasteiger charge is 2.31. The average Bonchev–Trinajstić information content (AvgIpc) is 3.14. The molecular weight excluding hydrogens is 368 g/mol. The number of anilines is 1. The van der Waals surface area contributed by atoms with Crippen LogP contribution in [-0.2, 0) is 12.3 Å². The van der Waals surface area contributed by atoms with Crippen LogP contribution in [0.15, 0.2) is 45.8 Å². The number of H-pyrrole nitrogens is 1. The van der Waals surface area contributed by atoms with Crippen molar-refractivity contribution in [2.24, 2.45) is 0 Å². The fourth-order valence-electron chi connectivity index (χ4n) is 2.69. The molecule has 0 fully saturated rings. The number of aromatic amines is 1. The van der Waals surface area contributed by atoms with Gasteiger partial charge in [0.05, 0.1) is 6.20 Å². The van der Waals surface area contributed by atoms with Crippen LogP contribution in [0.2, 0.25) is 0 Å². The predicted octanol–water partition coefficient (Wildman–Crippen LogP) is 3.76. The van der Waals surface area contributed by atoms with E-state index in [0.717, 1.165) is 49.5 Å². The number of aromatic nitrogens is 4. The lowest BCUT2D eigenvalue weighted by molar-refractivity contribution is -0.0158. The van der Waals surface area contributed by atoms with Gasteiger partial charge >= 0.3 is 5.92 Å². The first-order valence-electron chi connectivity index (χ1n) is 9.02. The minimum absolute atomic E-state index is 0.243. The van der Waals surface area contributed by atoms with Crippen LogP contribution in [0.5, 0.6) is 0 Å². The van der Waals surface area contributed by atoms with Gasteiger partial charge in [0.15, 0.2) is 5.82 Å². The third-order valence-electron chi connectivity index (χ3n) is 4.11. The van der Waals surface area contributed by atoms with Crippen LogP contribution in [0.3, 0.4) is 0 Å². The van der Waals surface area contributed by atoms with Crippen LogP contribution >= 0.6 is 0 Å². The van der Waals surface area contributed by atoms with Crippen LogP contribution < -0.4 is 10.9 Å². The lowest BCUT2D eigenvalue weighted by Gasteiger charge is -2.08. The zero-order valence-corrected chi connectivity index (χ0v) is 15.4. The molecule has 0 aliphatic heterocycles. The van der Waals surface area contributed by atoms with E-state index in [0.29, 0.717) is 12.2 Å². The Morgan fingerprint density at radius 2 is 2.04 bits per heavy atom. The highest BCUT2D eigenvalue weighted by molar-refractivity contribution is 5.66. The van der Waals surface area contributed by atoms with Gasteiger partial charge in [0.25, 0.3) is 11.4 Å². The molecule has 0 radical (unpaired) electrons. The molecule has 3 aromatic rings. The SMILES string of the molecule is CC(F)(F)c1nc(CCCCCNc2cccc(-c3cn[nH]c(=O)c3)c2)no1. The van der Waals surface area contributed by atoms with Crippen LogP contribution in [0, 0.1) is 0 Å². The largest absolute Gasteiger partial charge is 0.385 e. The highest BCUT2D eigenvalue weighted by Crippen LogP contribution is 2.25. The number of nitrogens with one attached hydrogen (secondary N) is 2. The van der Waals surface area contributed by atoms with E-state index in [1.807, 2.05) is 24.3 Å². The van der Waals surface area contributed by atoms with Gasteiger partial charge in [-0.2, -0.15) is 18.9 Å². The van der Waals surface area contributed by atoms with Crippen molar-refractivity contribution in [2.75, 3.05) is 11.9 Å². The summed E-state index contributed by atoms with van der Waals surface area (Å²) in [6.07, 6.45) is 4.71. The van der Waals surface area contributed by atoms with E-state index in [1.54, 1.807) is 6.20 Å². The van der Waals surface area contributed by atoms with E-state index in [2.05, 4.69) is 30.2 Å². The van der Waals surface area contributed by atoms with Crippen LogP contribution in [0.25, 0.3) is 11.1 Å². The monoisotopic (exact) mass is 389 g/mol. The predicted molar refractivity (Wildman–Crippen MR) is 100 cm³/mol. The molecule has 28 heavy (non-hydrogen) atoms. The summed E-state index contributed by atoms with van der Waals surface area (Å²) in [6, 6.07) is 9.25. The van der Waals surface area contributed by atoms with E-state index >= 15 is 0 Å². The van der Waals surface area contributed by atoms with Gasteiger partial charge in [-0.3, -0.25) is 4.79 Å². The lowest BCUT2D eigenvalue weighted by Crippen LogP contribution is -2.07. The maximum atomic E-state index is 13.0. The van der Waals surface area contributed by atoms with Gasteiger partial charge in [-0.05, 0) is 30.5 Å². The minimum Gasteiger partial charge on any atom is -0.385 e. The van der Waals surface area contributed by atoms with E-state index in [1.165, 1.54) is 6.07 Å². The lowest BCUT2D eigenvalue weighted by atomic mass is 10.1. The molecule has 0 aliphatic rings. The highest BCUT2D eigenvalue weighted by atomic mass is 19.3. The number of hydrogen-bond donors (Lipinski definition) is 2. The van der Waals surface area contributed by atoms with Crippen molar-refractivity contribution in [2.45, 2.75) is 38.5 Å². The summed E-state index contributed by atoms with van der Waals surface area (Å²) < 4.78 is 30.7. The zero-order chi connectivity index (χ0) is 20.0. The minimum atomic E-state index is -3.10. The van der Waals surface area contributed by atoms with Crippen molar-refractivity contribution >= 4 is 5.69 Å². The van der Waals surface area contributed by atoms with Gasteiger partial charge in [-0.15, -0.1) is 0 Å². The molecule has 148 valence electrons. The molecule has 1 aromatic carbocycles. The molecule has 0 aliphatic carbocycles. The number of unbranched alkanes of at least 4 members (excludes halogenated alkanes) is 2. The number of aryl methyl sites for hydroxylation is 1. The Morgan fingerprint density at radius 3 is 2.79 bits per heavy atom. The molecule has 0 unspecified atom stereocenters. The fourth-order valence-corrected chi connectivity index (χ4v) is 2.69. The molecule has 0 saturated carbocycles. The van der Waals surface area contributed by atoms with Crippen LogP contribution in [0.1, 0.15) is 37.9 Å². The van der Waals surface area contributed by atoms with E-state index in [-0.39, 0.29) is 5.56 Å². The Hall–Kier alpha value is -3.10. The van der Waals surface area contributed by atoms with Gasteiger partial charge in [0.2, 0.25) is 0 Å². The Labute approximate surface area is 160 Å². The second-order valence-corrected chi connectivity index (χ2v) is 6.56. The quantitative estimate of drug-likeness (QED) is 0.541. The summed E-state index contributed by atoms with van der Waals surface area (Å²) in [5.41, 5.74) is 2.37. The van der Waals surface area contributed by atoms with Crippen molar-refractivity contribution in [1.82, 2.24) is 20.3 Å². The molecule has 0 saturated heterocycles. The van der Waals surface area contributed by atoms with Gasteiger partial charge in [0.1, 0.15) is 0 Å². The molecule has 0 bridgehead atoms. The summed E-state index contributed by atoms with van der Waals surface area (Å²) in [5.74, 6) is -3.43. The number of halogens is 2. The topological polar surface area (TPSA) is 96.7 Å². The Bertz CT molecular complexity index is 965. The van der Waals surface area contributed by atoms with Crippen molar-refractivity contribution in [1.29, 1.82) is 0 Å². The first kappa shape index (κ1) is 19.7. The molecule has 9 heteroatoms. The normalized spacial score (nSPS) is 11.5. The Balaban J connectivity index is 1.41. The van der Waals surface area contributed by atoms with Crippen molar-refractivity contribution in [3.63, 3.8) is 0 Å². The zero-order valence-electron chi connectivity index (χ0n) is 15.4. The van der Waals surface area contributed by atoms with Gasteiger partial charge < -0.3 is 9.84 Å². The van der Waals surface area contributed by atoms with Gasteiger partial charge in [-0.25, -0.2) is 5.10 Å². The maximum absolute atomic E-state index is 13.0. The molecule has 2 aromatic heterocycles. The average molecular weight is 389 g/mol. The number of hydrogen-bond acceptors (Lipinski definition) is 6. The molecule has 0 spiro atoms. The number of nitrogens with zero attached hydrogens (tertiary/aromatic N) is 3. The molecule has 0 atom stereocenters. The fraction of sp³-hybridized carbons (Fsp3) is 0.368. The standard InChI is InChI=1S/C19H21F2N5O2/c1-19(20,21)18-24-16(26-28-18)8-3-2-4-9-22-15-7-5-6-13(10-15)14-11-17(27)25-23-12-14/h5-7,10-12,22H,2-4,8-9H2,1H3,(H,25,27). The molecule has 7 nitrogen and oxygen atoms in total. The van der Waals surface area contributed by atoms with E-state index in [4.69, 9.17) is 0 Å². The van der Waals surface area contributed by atoms with E-state index in [9.17, 15) is 13.6 Å². The van der Waals surface area contributed by atoms with Crippen molar-refractivity contribution in [3.8, 4) is 11.1 Å². The Kier molecular flexibility index (Phi) is 6.13. The molecule has 2 heterocycles. The third-order valence-corrected chi connectivity index (χ3v) is 4.11. The Morgan fingerprint density at radius 1 is 1.18 bits per heavy atom. The summed E-state index contributed by atoms with van der Waals surface area (Å²) >= 11 is 0. The molecule has 0 amide bonds. The summed E-state index contributed by atoms with van der Waals surface area (Å²) in [6.45, 7) is 1.50.